The molecule has 5 nitrogen and oxygen atoms in total. The van der Waals surface area contributed by atoms with Gasteiger partial charge >= 0.3 is 0 Å². The molecule has 0 aromatic carbocycles. The molecular formula is C9H21NO4S. The normalized spacial score (nSPS) is 13.5. The van der Waals surface area contributed by atoms with Crippen molar-refractivity contribution in [3.05, 3.63) is 0 Å². The van der Waals surface area contributed by atoms with E-state index >= 15 is 0 Å². The highest BCUT2D eigenvalue weighted by Crippen LogP contribution is 1.99. The van der Waals surface area contributed by atoms with Gasteiger partial charge in [-0.3, -0.25) is 0 Å². The number of hydrogen-bond acceptors (Lipinski definition) is 4. The van der Waals surface area contributed by atoms with E-state index in [1.54, 1.807) is 0 Å². The number of rotatable bonds is 7. The Labute approximate surface area is 92.4 Å². The van der Waals surface area contributed by atoms with Crippen molar-refractivity contribution in [2.24, 2.45) is 0 Å². The highest BCUT2D eigenvalue weighted by Gasteiger charge is 2.16. The van der Waals surface area contributed by atoms with Crippen molar-refractivity contribution in [2.45, 2.75) is 20.0 Å². The van der Waals surface area contributed by atoms with E-state index in [9.17, 15) is 13.0 Å². The van der Waals surface area contributed by atoms with Gasteiger partial charge in [-0.2, -0.15) is 0 Å². The smallest absolute Gasteiger partial charge is 0.102 e. The third kappa shape index (κ3) is 10.1. The fourth-order valence-electron chi connectivity index (χ4n) is 1.01. The molecule has 0 bridgehead atoms. The molecule has 0 saturated heterocycles. The molecule has 15 heavy (non-hydrogen) atoms. The maximum Gasteiger partial charge on any atom is 0.102 e. The number of likely N-dealkylation sites (N-methyl/N-ethyl adjacent to an activating group) is 1. The Hall–Kier alpha value is -0.170. The van der Waals surface area contributed by atoms with Gasteiger partial charge < -0.3 is 13.8 Å². The van der Waals surface area contributed by atoms with Crippen LogP contribution in [0.1, 0.15) is 13.8 Å². The van der Waals surface area contributed by atoms with Crippen molar-refractivity contribution in [3.63, 3.8) is 0 Å². The molecule has 0 aliphatic heterocycles. The quantitative estimate of drug-likeness (QED) is 0.464. The van der Waals surface area contributed by atoms with Crippen LogP contribution in [0.3, 0.4) is 0 Å². The Bertz CT molecular complexity index is 272. The summed E-state index contributed by atoms with van der Waals surface area (Å²) in [5.74, 6) is -0.318. The van der Waals surface area contributed by atoms with Crippen LogP contribution in [0, 0.1) is 0 Å². The van der Waals surface area contributed by atoms with Crippen LogP contribution in [-0.4, -0.2) is 63.1 Å². The molecule has 0 unspecified atom stereocenters. The highest BCUT2D eigenvalue weighted by molar-refractivity contribution is 7.85. The minimum Gasteiger partial charge on any atom is -0.748 e. The van der Waals surface area contributed by atoms with Gasteiger partial charge in [0.05, 0.1) is 39.1 Å². The summed E-state index contributed by atoms with van der Waals surface area (Å²) in [7, 11) is -0.338. The van der Waals surface area contributed by atoms with Crippen LogP contribution in [0.25, 0.3) is 0 Å². The first kappa shape index (κ1) is 14.8. The zero-order chi connectivity index (χ0) is 12.1. The molecule has 0 amide bonds. The summed E-state index contributed by atoms with van der Waals surface area (Å²) in [4.78, 5) is 0. The van der Waals surface area contributed by atoms with Gasteiger partial charge in [-0.15, -0.1) is 0 Å². The predicted molar refractivity (Wildman–Crippen MR) is 57.5 cm³/mol. The van der Waals surface area contributed by atoms with E-state index in [1.807, 2.05) is 27.9 Å². The summed E-state index contributed by atoms with van der Waals surface area (Å²) in [6.07, 6.45) is 0.174. The lowest BCUT2D eigenvalue weighted by Gasteiger charge is -2.30. The van der Waals surface area contributed by atoms with Crippen LogP contribution < -0.4 is 0 Å². The summed E-state index contributed by atoms with van der Waals surface area (Å²) >= 11 is 0. The Balaban J connectivity index is 3.87. The number of ether oxygens (including phenoxy) is 1. The molecule has 0 radical (unpaired) electrons. The third-order valence-corrected chi connectivity index (χ3v) is 2.78. The topological polar surface area (TPSA) is 66.4 Å². The molecule has 0 spiro atoms. The molecule has 0 rings (SSSR count). The van der Waals surface area contributed by atoms with E-state index in [-0.39, 0.29) is 11.9 Å². The van der Waals surface area contributed by atoms with E-state index in [2.05, 4.69) is 0 Å². The van der Waals surface area contributed by atoms with Crippen molar-refractivity contribution >= 4 is 10.1 Å². The zero-order valence-corrected chi connectivity index (χ0v) is 10.7. The van der Waals surface area contributed by atoms with E-state index in [0.717, 1.165) is 0 Å². The lowest BCUT2D eigenvalue weighted by Crippen LogP contribution is -2.45. The zero-order valence-electron chi connectivity index (χ0n) is 9.89. The van der Waals surface area contributed by atoms with Gasteiger partial charge in [0.15, 0.2) is 0 Å². The molecule has 0 fully saturated rings. The van der Waals surface area contributed by atoms with Crippen LogP contribution in [0.4, 0.5) is 0 Å². The first-order chi connectivity index (χ1) is 6.62. The van der Waals surface area contributed by atoms with Crippen LogP contribution in [0.5, 0.6) is 0 Å². The van der Waals surface area contributed by atoms with E-state index < -0.39 is 10.1 Å². The average molecular weight is 239 g/mol. The standard InChI is InChI=1S/C9H21NO4S/c1-9(2)14-7-5-10(3,4)6-8-15(11,12)13/h9H,5-8H2,1-4H3. The maximum atomic E-state index is 10.5. The second kappa shape index (κ2) is 5.79. The first-order valence-corrected chi connectivity index (χ1v) is 6.57. The highest BCUT2D eigenvalue weighted by atomic mass is 32.2. The molecule has 0 atom stereocenters. The first-order valence-electron chi connectivity index (χ1n) is 4.99. The lowest BCUT2D eigenvalue weighted by molar-refractivity contribution is -0.888. The van der Waals surface area contributed by atoms with Gasteiger partial charge in [0.25, 0.3) is 0 Å². The van der Waals surface area contributed by atoms with Gasteiger partial charge in [0, 0.05) is 0 Å². The van der Waals surface area contributed by atoms with Gasteiger partial charge in [0.1, 0.15) is 16.7 Å². The van der Waals surface area contributed by atoms with Crippen LogP contribution in [0.15, 0.2) is 0 Å². The molecule has 0 aromatic heterocycles. The monoisotopic (exact) mass is 239 g/mol. The molecule has 0 aliphatic carbocycles. The van der Waals surface area contributed by atoms with E-state index in [4.69, 9.17) is 4.74 Å². The van der Waals surface area contributed by atoms with Gasteiger partial charge in [0.2, 0.25) is 0 Å². The molecule has 0 N–H and O–H groups in total. The van der Waals surface area contributed by atoms with Crippen molar-refractivity contribution in [2.75, 3.05) is 39.5 Å². The molecule has 0 saturated carbocycles. The molecule has 6 heteroatoms. The second-order valence-electron chi connectivity index (χ2n) is 4.56. The van der Waals surface area contributed by atoms with Gasteiger partial charge in [-0.25, -0.2) is 8.42 Å². The maximum absolute atomic E-state index is 10.5. The third-order valence-electron chi connectivity index (χ3n) is 2.09. The van der Waals surface area contributed by atoms with Crippen molar-refractivity contribution in [1.29, 1.82) is 0 Å². The van der Waals surface area contributed by atoms with Crippen molar-refractivity contribution < 1.29 is 22.2 Å². The number of quaternary nitrogens is 1. The summed E-state index contributed by atoms with van der Waals surface area (Å²) < 4.78 is 37.2. The summed E-state index contributed by atoms with van der Waals surface area (Å²) in [6.45, 7) is 5.49. The fourth-order valence-corrected chi connectivity index (χ4v) is 1.72. The largest absolute Gasteiger partial charge is 0.748 e. The number of hydrogen-bond donors (Lipinski definition) is 0. The van der Waals surface area contributed by atoms with E-state index in [0.29, 0.717) is 24.2 Å². The summed E-state index contributed by atoms with van der Waals surface area (Å²) in [6, 6.07) is 0. The van der Waals surface area contributed by atoms with Crippen molar-refractivity contribution in [3.8, 4) is 0 Å². The van der Waals surface area contributed by atoms with E-state index in [1.165, 1.54) is 0 Å². The summed E-state index contributed by atoms with van der Waals surface area (Å²) in [5, 5.41) is 0. The van der Waals surface area contributed by atoms with Crippen LogP contribution in [0.2, 0.25) is 0 Å². The van der Waals surface area contributed by atoms with Crippen LogP contribution in [-0.2, 0) is 14.9 Å². The Kier molecular flexibility index (Phi) is 5.72. The van der Waals surface area contributed by atoms with Gasteiger partial charge in [-0.1, -0.05) is 0 Å². The van der Waals surface area contributed by atoms with Gasteiger partial charge in [-0.05, 0) is 13.8 Å². The molecular weight excluding hydrogens is 218 g/mol. The SMILES string of the molecule is CC(C)OCC[N+](C)(C)CCS(=O)(=O)[O-]. The van der Waals surface area contributed by atoms with Crippen molar-refractivity contribution in [1.82, 2.24) is 0 Å². The second-order valence-corrected chi connectivity index (χ2v) is 6.09. The van der Waals surface area contributed by atoms with Crippen LogP contribution >= 0.6 is 0 Å². The number of nitrogens with zero attached hydrogens (tertiary/aromatic N) is 1. The molecule has 92 valence electrons. The fraction of sp³-hybridized carbons (Fsp3) is 1.00. The Morgan fingerprint density at radius 1 is 1.27 bits per heavy atom. The summed E-state index contributed by atoms with van der Waals surface area (Å²) in [5.41, 5.74) is 0. The Morgan fingerprint density at radius 3 is 2.20 bits per heavy atom. The Morgan fingerprint density at radius 2 is 1.80 bits per heavy atom. The lowest BCUT2D eigenvalue weighted by atomic mass is 10.4. The minimum absolute atomic E-state index is 0.174. The molecule has 0 aliphatic rings. The molecule has 0 heterocycles. The average Bonchev–Trinajstić information content (AvgIpc) is 1.99. The minimum atomic E-state index is -4.11. The molecule has 0 aromatic rings. The predicted octanol–water partition coefficient (Wildman–Crippen LogP) is 0.0330.